The normalized spacial score (nSPS) is 16.7. The third-order valence-corrected chi connectivity index (χ3v) is 4.16. The van der Waals surface area contributed by atoms with Gasteiger partial charge in [0.15, 0.2) is 5.96 Å². The number of carbonyl (C=O) groups excluding carboxylic acids is 1. The zero-order valence-corrected chi connectivity index (χ0v) is 14.2. The molecular weight excluding hydrogens is 288 g/mol. The van der Waals surface area contributed by atoms with Crippen molar-refractivity contribution >= 4 is 11.9 Å². The minimum absolute atomic E-state index is 0.0664. The van der Waals surface area contributed by atoms with Crippen LogP contribution in [0.15, 0.2) is 35.3 Å². The van der Waals surface area contributed by atoms with Crippen molar-refractivity contribution in [3.05, 3.63) is 35.9 Å². The summed E-state index contributed by atoms with van der Waals surface area (Å²) in [6, 6.07) is 10.8. The minimum Gasteiger partial charge on any atom is -0.370 e. The van der Waals surface area contributed by atoms with Crippen LogP contribution in [0.1, 0.15) is 32.3 Å². The Bertz CT molecular complexity index is 519. The number of amides is 1. The molecule has 0 aliphatic carbocycles. The van der Waals surface area contributed by atoms with E-state index in [1.165, 1.54) is 5.56 Å². The van der Waals surface area contributed by atoms with E-state index in [1.54, 1.807) is 0 Å². The van der Waals surface area contributed by atoms with Crippen LogP contribution < -0.4 is 11.1 Å². The number of aliphatic imine (C=N–C) groups is 1. The van der Waals surface area contributed by atoms with E-state index in [2.05, 4.69) is 34.6 Å². The third kappa shape index (κ3) is 5.93. The number of nitrogens with one attached hydrogen (secondary N) is 1. The van der Waals surface area contributed by atoms with Gasteiger partial charge in [-0.1, -0.05) is 30.3 Å². The Morgan fingerprint density at radius 1 is 1.30 bits per heavy atom. The largest absolute Gasteiger partial charge is 0.370 e. The van der Waals surface area contributed by atoms with Crippen LogP contribution in [-0.4, -0.2) is 42.4 Å². The van der Waals surface area contributed by atoms with E-state index in [-0.39, 0.29) is 18.5 Å². The molecule has 1 fully saturated rings. The SMILES string of the molecule is CC(C)NC(N)=NCC(=O)N1CCC(Cc2ccccc2)CC1. The predicted octanol–water partition coefficient (Wildman–Crippen LogP) is 1.78. The second kappa shape index (κ2) is 8.56. The fourth-order valence-electron chi connectivity index (χ4n) is 2.93. The molecule has 1 saturated heterocycles. The topological polar surface area (TPSA) is 70.7 Å². The first kappa shape index (κ1) is 17.3. The molecule has 1 heterocycles. The predicted molar refractivity (Wildman–Crippen MR) is 94.2 cm³/mol. The maximum absolute atomic E-state index is 12.2. The Labute approximate surface area is 139 Å². The van der Waals surface area contributed by atoms with Gasteiger partial charge in [0.25, 0.3) is 0 Å². The molecule has 1 amide bonds. The molecule has 2 rings (SSSR count). The summed E-state index contributed by atoms with van der Waals surface area (Å²) >= 11 is 0. The Morgan fingerprint density at radius 2 is 1.96 bits per heavy atom. The molecule has 23 heavy (non-hydrogen) atoms. The molecule has 5 nitrogen and oxygen atoms in total. The number of nitrogens with zero attached hydrogens (tertiary/aromatic N) is 2. The quantitative estimate of drug-likeness (QED) is 0.642. The Hall–Kier alpha value is -2.04. The van der Waals surface area contributed by atoms with E-state index >= 15 is 0 Å². The first-order valence-electron chi connectivity index (χ1n) is 8.42. The second-order valence-corrected chi connectivity index (χ2v) is 6.51. The van der Waals surface area contributed by atoms with Gasteiger partial charge in [0.05, 0.1) is 0 Å². The van der Waals surface area contributed by atoms with Crippen molar-refractivity contribution in [3.8, 4) is 0 Å². The molecule has 0 unspecified atom stereocenters. The lowest BCUT2D eigenvalue weighted by molar-refractivity contribution is -0.130. The Morgan fingerprint density at radius 3 is 2.57 bits per heavy atom. The van der Waals surface area contributed by atoms with Crippen LogP contribution in [0.2, 0.25) is 0 Å². The van der Waals surface area contributed by atoms with Crippen molar-refractivity contribution in [2.24, 2.45) is 16.6 Å². The number of likely N-dealkylation sites (tertiary alicyclic amines) is 1. The van der Waals surface area contributed by atoms with E-state index in [9.17, 15) is 4.79 Å². The van der Waals surface area contributed by atoms with E-state index < -0.39 is 0 Å². The first-order chi connectivity index (χ1) is 11.0. The average molecular weight is 316 g/mol. The van der Waals surface area contributed by atoms with Crippen LogP contribution in [0, 0.1) is 5.92 Å². The molecule has 1 aromatic carbocycles. The lowest BCUT2D eigenvalue weighted by Crippen LogP contribution is -2.41. The summed E-state index contributed by atoms with van der Waals surface area (Å²) in [5.74, 6) is 1.07. The standard InChI is InChI=1S/C18H28N4O/c1-14(2)21-18(19)20-13-17(23)22-10-8-16(9-11-22)12-15-6-4-3-5-7-15/h3-7,14,16H,8-13H2,1-2H3,(H3,19,20,21). The lowest BCUT2D eigenvalue weighted by atomic mass is 9.90. The summed E-state index contributed by atoms with van der Waals surface area (Å²) in [5, 5.41) is 2.99. The number of piperidine rings is 1. The second-order valence-electron chi connectivity index (χ2n) is 6.51. The number of benzene rings is 1. The average Bonchev–Trinajstić information content (AvgIpc) is 2.54. The highest BCUT2D eigenvalue weighted by Gasteiger charge is 2.22. The third-order valence-electron chi connectivity index (χ3n) is 4.16. The summed E-state index contributed by atoms with van der Waals surface area (Å²) in [5.41, 5.74) is 7.11. The highest BCUT2D eigenvalue weighted by molar-refractivity contribution is 5.84. The fraction of sp³-hybridized carbons (Fsp3) is 0.556. The maximum Gasteiger partial charge on any atom is 0.244 e. The summed E-state index contributed by atoms with van der Waals surface area (Å²) < 4.78 is 0. The number of nitrogens with two attached hydrogens (primary N) is 1. The van der Waals surface area contributed by atoms with E-state index in [0.717, 1.165) is 32.4 Å². The van der Waals surface area contributed by atoms with Crippen LogP contribution in [-0.2, 0) is 11.2 Å². The van der Waals surface area contributed by atoms with Crippen LogP contribution >= 0.6 is 0 Å². The van der Waals surface area contributed by atoms with Gasteiger partial charge in [-0.15, -0.1) is 0 Å². The van der Waals surface area contributed by atoms with Crippen LogP contribution in [0.3, 0.4) is 0 Å². The molecule has 1 aromatic rings. The number of hydrogen-bond acceptors (Lipinski definition) is 2. The summed E-state index contributed by atoms with van der Waals surface area (Å²) in [6.45, 7) is 5.76. The Kier molecular flexibility index (Phi) is 6.44. The van der Waals surface area contributed by atoms with Crippen molar-refractivity contribution in [2.45, 2.75) is 39.2 Å². The number of carbonyl (C=O) groups is 1. The molecule has 1 aliphatic rings. The van der Waals surface area contributed by atoms with Gasteiger partial charge in [-0.25, -0.2) is 4.99 Å². The minimum atomic E-state index is 0.0664. The molecule has 0 radical (unpaired) electrons. The van der Waals surface area contributed by atoms with Gasteiger partial charge in [-0.05, 0) is 44.6 Å². The van der Waals surface area contributed by atoms with Gasteiger partial charge >= 0.3 is 0 Å². The van der Waals surface area contributed by atoms with Gasteiger partial charge in [-0.2, -0.15) is 0 Å². The van der Waals surface area contributed by atoms with Gasteiger partial charge < -0.3 is 16.0 Å². The molecule has 3 N–H and O–H groups in total. The van der Waals surface area contributed by atoms with Crippen molar-refractivity contribution in [3.63, 3.8) is 0 Å². The smallest absolute Gasteiger partial charge is 0.244 e. The number of hydrogen-bond donors (Lipinski definition) is 2. The number of rotatable bonds is 5. The first-order valence-corrected chi connectivity index (χ1v) is 8.42. The highest BCUT2D eigenvalue weighted by Crippen LogP contribution is 2.21. The molecule has 0 bridgehead atoms. The summed E-state index contributed by atoms with van der Waals surface area (Å²) in [4.78, 5) is 18.2. The van der Waals surface area contributed by atoms with E-state index in [1.807, 2.05) is 24.8 Å². The van der Waals surface area contributed by atoms with Crippen LogP contribution in [0.25, 0.3) is 0 Å². The molecule has 0 atom stereocenters. The van der Waals surface area contributed by atoms with Gasteiger partial charge in [0, 0.05) is 19.1 Å². The van der Waals surface area contributed by atoms with Crippen LogP contribution in [0.4, 0.5) is 0 Å². The monoisotopic (exact) mass is 316 g/mol. The van der Waals surface area contributed by atoms with Gasteiger partial charge in [0.2, 0.25) is 5.91 Å². The Balaban J connectivity index is 1.74. The molecule has 0 aromatic heterocycles. The summed E-state index contributed by atoms with van der Waals surface area (Å²) in [6.07, 6.45) is 3.22. The molecule has 5 heteroatoms. The molecule has 0 saturated carbocycles. The van der Waals surface area contributed by atoms with Crippen molar-refractivity contribution in [1.29, 1.82) is 0 Å². The molecular formula is C18H28N4O. The van der Waals surface area contributed by atoms with Gasteiger partial charge in [-0.3, -0.25) is 4.79 Å². The zero-order chi connectivity index (χ0) is 16.7. The number of guanidine groups is 1. The molecule has 126 valence electrons. The van der Waals surface area contributed by atoms with Gasteiger partial charge in [0.1, 0.15) is 6.54 Å². The lowest BCUT2D eigenvalue weighted by Gasteiger charge is -2.31. The van der Waals surface area contributed by atoms with Crippen molar-refractivity contribution in [2.75, 3.05) is 19.6 Å². The van der Waals surface area contributed by atoms with Crippen molar-refractivity contribution < 1.29 is 4.79 Å². The zero-order valence-electron chi connectivity index (χ0n) is 14.2. The van der Waals surface area contributed by atoms with E-state index in [0.29, 0.717) is 11.9 Å². The maximum atomic E-state index is 12.2. The molecule has 1 aliphatic heterocycles. The van der Waals surface area contributed by atoms with Crippen molar-refractivity contribution in [1.82, 2.24) is 10.2 Å². The molecule has 0 spiro atoms. The van der Waals surface area contributed by atoms with Crippen LogP contribution in [0.5, 0.6) is 0 Å². The van der Waals surface area contributed by atoms with E-state index in [4.69, 9.17) is 5.73 Å². The fourth-order valence-corrected chi connectivity index (χ4v) is 2.93. The summed E-state index contributed by atoms with van der Waals surface area (Å²) in [7, 11) is 0. The highest BCUT2D eigenvalue weighted by atomic mass is 16.2.